The van der Waals surface area contributed by atoms with E-state index < -0.39 is 0 Å². The molecular weight excluding hydrogens is 241 g/mol. The first-order valence-corrected chi connectivity index (χ1v) is 7.28. The molecule has 2 nitrogen and oxygen atoms in total. The highest BCUT2D eigenvalue weighted by atomic mass is 19.1. The largest absolute Gasteiger partial charge is 0.490 e. The van der Waals surface area contributed by atoms with E-state index in [1.165, 1.54) is 18.9 Å². The van der Waals surface area contributed by atoms with Gasteiger partial charge in [-0.1, -0.05) is 19.8 Å². The molecule has 0 bridgehead atoms. The highest BCUT2D eigenvalue weighted by molar-refractivity contribution is 5.38. The van der Waals surface area contributed by atoms with Crippen LogP contribution in [0.3, 0.4) is 0 Å². The summed E-state index contributed by atoms with van der Waals surface area (Å²) < 4.78 is 19.1. The van der Waals surface area contributed by atoms with Crippen LogP contribution >= 0.6 is 0 Å². The second-order valence-electron chi connectivity index (χ2n) is 6.46. The van der Waals surface area contributed by atoms with Crippen molar-refractivity contribution in [2.75, 3.05) is 0 Å². The smallest absolute Gasteiger partial charge is 0.123 e. The molecule has 1 heterocycles. The lowest BCUT2D eigenvalue weighted by atomic mass is 9.74. The van der Waals surface area contributed by atoms with E-state index in [1.54, 1.807) is 12.1 Å². The summed E-state index contributed by atoms with van der Waals surface area (Å²) in [6.45, 7) is 2.28. The van der Waals surface area contributed by atoms with Crippen molar-refractivity contribution in [2.45, 2.75) is 57.1 Å². The average Bonchev–Trinajstić information content (AvgIpc) is 2.68. The van der Waals surface area contributed by atoms with Gasteiger partial charge in [0.05, 0.1) is 0 Å². The Labute approximate surface area is 114 Å². The molecule has 1 aliphatic carbocycles. The normalized spacial score (nSPS) is 33.8. The van der Waals surface area contributed by atoms with Gasteiger partial charge in [-0.2, -0.15) is 0 Å². The van der Waals surface area contributed by atoms with E-state index in [0.717, 1.165) is 37.0 Å². The molecule has 1 aromatic carbocycles. The van der Waals surface area contributed by atoms with E-state index in [1.807, 2.05) is 0 Å². The predicted octanol–water partition coefficient (Wildman–Crippen LogP) is 3.43. The van der Waals surface area contributed by atoms with E-state index in [9.17, 15) is 4.39 Å². The highest BCUT2D eigenvalue weighted by Gasteiger charge is 2.36. The third kappa shape index (κ3) is 2.76. The molecule has 1 saturated carbocycles. The van der Waals surface area contributed by atoms with E-state index in [4.69, 9.17) is 10.5 Å². The van der Waals surface area contributed by atoms with E-state index in [2.05, 4.69) is 6.92 Å². The fourth-order valence-electron chi connectivity index (χ4n) is 3.74. The van der Waals surface area contributed by atoms with Gasteiger partial charge in [0, 0.05) is 23.9 Å². The van der Waals surface area contributed by atoms with Gasteiger partial charge in [0.15, 0.2) is 0 Å². The zero-order valence-electron chi connectivity index (χ0n) is 11.5. The molecule has 19 heavy (non-hydrogen) atoms. The van der Waals surface area contributed by atoms with E-state index in [0.29, 0.717) is 5.92 Å². The SMILES string of the molecule is CC1CCCC(N)(CC2Cc3cc(F)ccc3O2)C1. The van der Waals surface area contributed by atoms with Gasteiger partial charge in [0.25, 0.3) is 0 Å². The van der Waals surface area contributed by atoms with Crippen LogP contribution in [0.25, 0.3) is 0 Å². The standard InChI is InChI=1S/C16H22FNO/c1-11-3-2-6-16(18,9-11)10-14-8-12-7-13(17)4-5-15(12)19-14/h4-5,7,11,14H,2-3,6,8-10,18H2,1H3. The Morgan fingerprint density at radius 3 is 3.11 bits per heavy atom. The first-order chi connectivity index (χ1) is 9.04. The topological polar surface area (TPSA) is 35.2 Å². The van der Waals surface area contributed by atoms with Crippen molar-refractivity contribution in [1.29, 1.82) is 0 Å². The van der Waals surface area contributed by atoms with Gasteiger partial charge >= 0.3 is 0 Å². The van der Waals surface area contributed by atoms with Crippen LogP contribution in [0.4, 0.5) is 4.39 Å². The Kier molecular flexibility index (Phi) is 3.25. The maximum Gasteiger partial charge on any atom is 0.123 e. The van der Waals surface area contributed by atoms with Crippen molar-refractivity contribution in [3.05, 3.63) is 29.6 Å². The van der Waals surface area contributed by atoms with Gasteiger partial charge in [-0.05, 0) is 37.0 Å². The molecule has 3 rings (SSSR count). The second-order valence-corrected chi connectivity index (χ2v) is 6.46. The Balaban J connectivity index is 1.67. The maximum absolute atomic E-state index is 13.2. The minimum absolute atomic E-state index is 0.0943. The predicted molar refractivity (Wildman–Crippen MR) is 73.7 cm³/mol. The Hall–Kier alpha value is -1.09. The summed E-state index contributed by atoms with van der Waals surface area (Å²) in [5.41, 5.74) is 7.43. The van der Waals surface area contributed by atoms with Crippen molar-refractivity contribution in [3.63, 3.8) is 0 Å². The van der Waals surface area contributed by atoms with Crippen molar-refractivity contribution < 1.29 is 9.13 Å². The highest BCUT2D eigenvalue weighted by Crippen LogP contribution is 2.38. The maximum atomic E-state index is 13.2. The van der Waals surface area contributed by atoms with Gasteiger partial charge in [-0.25, -0.2) is 4.39 Å². The van der Waals surface area contributed by atoms with Crippen LogP contribution in [0.15, 0.2) is 18.2 Å². The number of nitrogens with two attached hydrogens (primary N) is 1. The van der Waals surface area contributed by atoms with Gasteiger partial charge < -0.3 is 10.5 Å². The van der Waals surface area contributed by atoms with Crippen molar-refractivity contribution >= 4 is 0 Å². The molecule has 2 aliphatic rings. The van der Waals surface area contributed by atoms with Gasteiger partial charge in [0.2, 0.25) is 0 Å². The van der Waals surface area contributed by atoms with E-state index in [-0.39, 0.29) is 17.5 Å². The molecule has 3 heteroatoms. The van der Waals surface area contributed by atoms with Gasteiger partial charge in [0.1, 0.15) is 17.7 Å². The minimum Gasteiger partial charge on any atom is -0.490 e. The number of halogens is 1. The van der Waals surface area contributed by atoms with Gasteiger partial charge in [-0.3, -0.25) is 0 Å². The van der Waals surface area contributed by atoms with Crippen molar-refractivity contribution in [1.82, 2.24) is 0 Å². The molecule has 0 amide bonds. The Morgan fingerprint density at radius 1 is 1.47 bits per heavy atom. The number of hydrogen-bond donors (Lipinski definition) is 1. The molecule has 0 spiro atoms. The third-order valence-electron chi connectivity index (χ3n) is 4.52. The number of hydrogen-bond acceptors (Lipinski definition) is 2. The molecule has 1 aliphatic heterocycles. The lowest BCUT2D eigenvalue weighted by Gasteiger charge is -2.38. The lowest BCUT2D eigenvalue weighted by Crippen LogP contribution is -2.47. The van der Waals surface area contributed by atoms with Crippen LogP contribution in [-0.2, 0) is 6.42 Å². The van der Waals surface area contributed by atoms with Crippen LogP contribution in [0.1, 0.15) is 44.6 Å². The van der Waals surface area contributed by atoms with E-state index >= 15 is 0 Å². The molecule has 3 unspecified atom stereocenters. The Morgan fingerprint density at radius 2 is 2.32 bits per heavy atom. The first-order valence-electron chi connectivity index (χ1n) is 7.28. The molecule has 0 radical (unpaired) electrons. The fraction of sp³-hybridized carbons (Fsp3) is 0.625. The van der Waals surface area contributed by atoms with Crippen LogP contribution in [0.5, 0.6) is 5.75 Å². The monoisotopic (exact) mass is 263 g/mol. The number of benzene rings is 1. The number of fused-ring (bicyclic) bond motifs is 1. The summed E-state index contributed by atoms with van der Waals surface area (Å²) >= 11 is 0. The van der Waals surface area contributed by atoms with Crippen molar-refractivity contribution in [2.24, 2.45) is 11.7 Å². The van der Waals surface area contributed by atoms with Crippen LogP contribution in [0, 0.1) is 11.7 Å². The lowest BCUT2D eigenvalue weighted by molar-refractivity contribution is 0.138. The summed E-state index contributed by atoms with van der Waals surface area (Å²) in [5.74, 6) is 1.36. The minimum atomic E-state index is -0.184. The fourth-order valence-corrected chi connectivity index (χ4v) is 3.74. The molecule has 0 saturated heterocycles. The summed E-state index contributed by atoms with van der Waals surface area (Å²) in [4.78, 5) is 0. The van der Waals surface area contributed by atoms with Crippen LogP contribution < -0.4 is 10.5 Å². The molecule has 1 aromatic rings. The van der Waals surface area contributed by atoms with Crippen LogP contribution in [-0.4, -0.2) is 11.6 Å². The molecule has 0 aromatic heterocycles. The average molecular weight is 263 g/mol. The molecule has 1 fully saturated rings. The summed E-state index contributed by atoms with van der Waals surface area (Å²) in [7, 11) is 0. The van der Waals surface area contributed by atoms with Crippen molar-refractivity contribution in [3.8, 4) is 5.75 Å². The molecule has 2 N–H and O–H groups in total. The molecular formula is C16H22FNO. The quantitative estimate of drug-likeness (QED) is 0.887. The molecule has 104 valence electrons. The Bertz CT molecular complexity index is 476. The zero-order chi connectivity index (χ0) is 13.5. The zero-order valence-corrected chi connectivity index (χ0v) is 11.5. The summed E-state index contributed by atoms with van der Waals surface area (Å²) in [6.07, 6.45) is 6.46. The van der Waals surface area contributed by atoms with Crippen LogP contribution in [0.2, 0.25) is 0 Å². The summed E-state index contributed by atoms with van der Waals surface area (Å²) in [5, 5.41) is 0. The molecule has 3 atom stereocenters. The third-order valence-corrected chi connectivity index (χ3v) is 4.52. The first kappa shape index (κ1) is 12.9. The number of rotatable bonds is 2. The second kappa shape index (κ2) is 4.78. The van der Waals surface area contributed by atoms with Gasteiger partial charge in [-0.15, -0.1) is 0 Å². The number of ether oxygens (including phenoxy) is 1. The summed E-state index contributed by atoms with van der Waals surface area (Å²) in [6, 6.07) is 4.78.